The minimum Gasteiger partial charge on any atom is -0.445 e. The lowest BCUT2D eigenvalue weighted by atomic mass is 10.0. The summed E-state index contributed by atoms with van der Waals surface area (Å²) in [6.45, 7) is 3.59. The fourth-order valence-corrected chi connectivity index (χ4v) is 4.47. The van der Waals surface area contributed by atoms with Crippen molar-refractivity contribution < 1.29 is 14.3 Å². The summed E-state index contributed by atoms with van der Waals surface area (Å²) in [4.78, 5) is 26.6. The standard InChI is InChI=1S/C23H23BrN2O3/c1-2-17(27)13-26-21-11-12-25(23(28)29-15-16-7-4-3-5-8-16)14-19(21)18-9-6-10-20(24)22(18)26/h3-10H,2,11-15H2,1H3. The van der Waals surface area contributed by atoms with E-state index >= 15 is 0 Å². The number of Topliss-reactive ketones (excluding diaryl/α,β-unsaturated/α-hetero) is 1. The van der Waals surface area contributed by atoms with Crippen molar-refractivity contribution >= 4 is 38.7 Å². The van der Waals surface area contributed by atoms with Gasteiger partial charge in [-0.15, -0.1) is 0 Å². The Morgan fingerprint density at radius 1 is 1.10 bits per heavy atom. The molecule has 2 heterocycles. The van der Waals surface area contributed by atoms with E-state index in [1.807, 2.05) is 49.4 Å². The van der Waals surface area contributed by atoms with Crippen molar-refractivity contribution in [3.63, 3.8) is 0 Å². The second kappa shape index (κ2) is 8.41. The summed E-state index contributed by atoms with van der Waals surface area (Å²) in [5.41, 5.74) is 4.24. The van der Waals surface area contributed by atoms with Crippen LogP contribution in [0.5, 0.6) is 0 Å². The minimum atomic E-state index is -0.306. The Kier molecular flexibility index (Phi) is 5.72. The molecule has 3 aromatic rings. The fourth-order valence-electron chi connectivity index (χ4n) is 3.89. The van der Waals surface area contributed by atoms with Crippen LogP contribution in [-0.4, -0.2) is 27.9 Å². The van der Waals surface area contributed by atoms with Crippen LogP contribution in [0.4, 0.5) is 4.79 Å². The third kappa shape index (κ3) is 3.94. The number of benzene rings is 2. The average Bonchev–Trinajstić information content (AvgIpc) is 3.07. The Balaban J connectivity index is 1.59. The number of nitrogens with zero attached hydrogens (tertiary/aromatic N) is 2. The summed E-state index contributed by atoms with van der Waals surface area (Å²) in [7, 11) is 0. The second-order valence-electron chi connectivity index (χ2n) is 7.25. The number of halogens is 1. The van der Waals surface area contributed by atoms with Crippen LogP contribution in [0, 0.1) is 0 Å². The van der Waals surface area contributed by atoms with Crippen LogP contribution in [0.3, 0.4) is 0 Å². The van der Waals surface area contributed by atoms with Gasteiger partial charge in [-0.25, -0.2) is 4.79 Å². The molecule has 0 aliphatic carbocycles. The number of ketones is 1. The van der Waals surface area contributed by atoms with E-state index < -0.39 is 0 Å². The molecule has 0 atom stereocenters. The number of amides is 1. The number of carbonyl (C=O) groups is 2. The van der Waals surface area contributed by atoms with Crippen LogP contribution < -0.4 is 0 Å². The lowest BCUT2D eigenvalue weighted by molar-refractivity contribution is -0.119. The molecule has 29 heavy (non-hydrogen) atoms. The molecule has 2 aromatic carbocycles. The number of fused-ring (bicyclic) bond motifs is 3. The second-order valence-corrected chi connectivity index (χ2v) is 8.11. The number of aromatic nitrogens is 1. The van der Waals surface area contributed by atoms with Crippen molar-refractivity contribution in [1.29, 1.82) is 0 Å². The predicted molar refractivity (Wildman–Crippen MR) is 116 cm³/mol. The van der Waals surface area contributed by atoms with Gasteiger partial charge in [0.15, 0.2) is 5.78 Å². The van der Waals surface area contributed by atoms with Gasteiger partial charge in [-0.3, -0.25) is 4.79 Å². The number of carbonyl (C=O) groups excluding carboxylic acids is 2. The minimum absolute atomic E-state index is 0.199. The van der Waals surface area contributed by atoms with Crippen molar-refractivity contribution in [2.75, 3.05) is 6.54 Å². The maximum atomic E-state index is 12.6. The van der Waals surface area contributed by atoms with Gasteiger partial charge < -0.3 is 14.2 Å². The van der Waals surface area contributed by atoms with Crippen molar-refractivity contribution in [3.05, 3.63) is 69.8 Å². The van der Waals surface area contributed by atoms with Gasteiger partial charge in [0.2, 0.25) is 0 Å². The van der Waals surface area contributed by atoms with E-state index in [1.165, 1.54) is 0 Å². The summed E-state index contributed by atoms with van der Waals surface area (Å²) in [6.07, 6.45) is 0.907. The van der Waals surface area contributed by atoms with Gasteiger partial charge in [0.25, 0.3) is 0 Å². The first-order valence-electron chi connectivity index (χ1n) is 9.84. The molecular weight excluding hydrogens is 432 g/mol. The van der Waals surface area contributed by atoms with Gasteiger partial charge in [0.1, 0.15) is 6.61 Å². The molecule has 4 rings (SSSR count). The number of ether oxygens (including phenoxy) is 1. The summed E-state index contributed by atoms with van der Waals surface area (Å²) < 4.78 is 8.61. The molecule has 5 nitrogen and oxygen atoms in total. The molecule has 1 aliphatic heterocycles. The molecular formula is C23H23BrN2O3. The maximum absolute atomic E-state index is 12.6. The first-order chi connectivity index (χ1) is 14.1. The monoisotopic (exact) mass is 454 g/mol. The molecule has 0 saturated carbocycles. The predicted octanol–water partition coefficient (Wildman–Crippen LogP) is 5.08. The third-order valence-corrected chi connectivity index (χ3v) is 6.06. The molecule has 150 valence electrons. The molecule has 1 amide bonds. The van der Waals surface area contributed by atoms with Crippen LogP contribution in [0.25, 0.3) is 10.9 Å². The van der Waals surface area contributed by atoms with Crippen molar-refractivity contribution in [3.8, 4) is 0 Å². The largest absolute Gasteiger partial charge is 0.445 e. The Bertz CT molecular complexity index is 1060. The summed E-state index contributed by atoms with van der Waals surface area (Å²) in [5, 5.41) is 1.08. The molecule has 0 N–H and O–H groups in total. The molecule has 0 fully saturated rings. The van der Waals surface area contributed by atoms with Gasteiger partial charge in [-0.1, -0.05) is 49.4 Å². The smallest absolute Gasteiger partial charge is 0.410 e. The first-order valence-corrected chi connectivity index (χ1v) is 10.6. The molecule has 1 aromatic heterocycles. The quantitative estimate of drug-likeness (QED) is 0.540. The molecule has 6 heteroatoms. The lowest BCUT2D eigenvalue weighted by Gasteiger charge is -2.27. The zero-order chi connectivity index (χ0) is 20.4. The van der Waals surface area contributed by atoms with E-state index in [-0.39, 0.29) is 18.5 Å². The normalized spacial score (nSPS) is 13.4. The highest BCUT2D eigenvalue weighted by Crippen LogP contribution is 2.35. The molecule has 0 saturated heterocycles. The number of hydrogen-bond donors (Lipinski definition) is 0. The topological polar surface area (TPSA) is 51.5 Å². The Morgan fingerprint density at radius 3 is 2.66 bits per heavy atom. The molecule has 0 unspecified atom stereocenters. The molecule has 0 radical (unpaired) electrons. The highest BCUT2D eigenvalue weighted by molar-refractivity contribution is 9.10. The molecule has 0 spiro atoms. The SMILES string of the molecule is CCC(=O)Cn1c2c(c3cccc(Br)c31)CN(C(=O)OCc1ccccc1)CC2. The Labute approximate surface area is 178 Å². The van der Waals surface area contributed by atoms with E-state index in [0.717, 1.165) is 32.2 Å². The van der Waals surface area contributed by atoms with Crippen LogP contribution >= 0.6 is 15.9 Å². The van der Waals surface area contributed by atoms with E-state index in [9.17, 15) is 9.59 Å². The highest BCUT2D eigenvalue weighted by atomic mass is 79.9. The van der Waals surface area contributed by atoms with Crippen LogP contribution in [-0.2, 0) is 35.6 Å². The Hall–Kier alpha value is -2.60. The van der Waals surface area contributed by atoms with Gasteiger partial charge in [0, 0.05) is 40.5 Å². The maximum Gasteiger partial charge on any atom is 0.410 e. The molecule has 1 aliphatic rings. The molecule has 0 bridgehead atoms. The Morgan fingerprint density at radius 2 is 1.90 bits per heavy atom. The van der Waals surface area contributed by atoms with Crippen molar-refractivity contribution in [2.45, 2.75) is 39.5 Å². The third-order valence-electron chi connectivity index (χ3n) is 5.42. The van der Waals surface area contributed by atoms with E-state index in [2.05, 4.69) is 26.6 Å². The van der Waals surface area contributed by atoms with Gasteiger partial charge >= 0.3 is 6.09 Å². The van der Waals surface area contributed by atoms with Gasteiger partial charge in [-0.05, 0) is 27.6 Å². The average molecular weight is 455 g/mol. The fraction of sp³-hybridized carbons (Fsp3) is 0.304. The zero-order valence-corrected chi connectivity index (χ0v) is 17.9. The number of para-hydroxylation sites is 1. The zero-order valence-electron chi connectivity index (χ0n) is 16.4. The van der Waals surface area contributed by atoms with Crippen LogP contribution in [0.15, 0.2) is 53.0 Å². The highest BCUT2D eigenvalue weighted by Gasteiger charge is 2.28. The number of rotatable bonds is 5. The van der Waals surface area contributed by atoms with E-state index in [0.29, 0.717) is 32.5 Å². The summed E-state index contributed by atoms with van der Waals surface area (Å²) >= 11 is 3.64. The van der Waals surface area contributed by atoms with Crippen molar-refractivity contribution in [2.24, 2.45) is 0 Å². The number of hydrogen-bond acceptors (Lipinski definition) is 3. The first kappa shape index (κ1) is 19.7. The van der Waals surface area contributed by atoms with Gasteiger partial charge in [-0.2, -0.15) is 0 Å². The van der Waals surface area contributed by atoms with Crippen LogP contribution in [0.2, 0.25) is 0 Å². The summed E-state index contributed by atoms with van der Waals surface area (Å²) in [5.74, 6) is 0.199. The van der Waals surface area contributed by atoms with E-state index in [4.69, 9.17) is 4.74 Å². The van der Waals surface area contributed by atoms with Crippen LogP contribution in [0.1, 0.15) is 30.2 Å². The summed E-state index contributed by atoms with van der Waals surface area (Å²) in [6, 6.07) is 15.7. The lowest BCUT2D eigenvalue weighted by Crippen LogP contribution is -2.36. The van der Waals surface area contributed by atoms with Crippen molar-refractivity contribution in [1.82, 2.24) is 9.47 Å². The van der Waals surface area contributed by atoms with Gasteiger partial charge in [0.05, 0.1) is 18.6 Å². The van der Waals surface area contributed by atoms with E-state index in [1.54, 1.807) is 4.90 Å².